The molecule has 0 atom stereocenters. The number of aryl methyl sites for hydroxylation is 2. The van der Waals surface area contributed by atoms with E-state index in [1.807, 2.05) is 29.0 Å². The zero-order chi connectivity index (χ0) is 18.7. The lowest BCUT2D eigenvalue weighted by molar-refractivity contribution is 0.0715. The van der Waals surface area contributed by atoms with Gasteiger partial charge in [0, 0.05) is 32.4 Å². The van der Waals surface area contributed by atoms with Crippen molar-refractivity contribution in [2.45, 2.75) is 25.3 Å². The minimum absolute atomic E-state index is 0.0212. The maximum Gasteiger partial charge on any atom is 0.257 e. The van der Waals surface area contributed by atoms with Crippen LogP contribution in [-0.4, -0.2) is 59.0 Å². The minimum Gasteiger partial charge on any atom is -0.466 e. The number of pyridine rings is 1. The normalized spacial score (nSPS) is 15.0. The van der Waals surface area contributed by atoms with Crippen molar-refractivity contribution >= 4 is 23.6 Å². The van der Waals surface area contributed by atoms with Crippen molar-refractivity contribution in [1.29, 1.82) is 0 Å². The molecule has 1 aliphatic heterocycles. The molecule has 0 aromatic carbocycles. The van der Waals surface area contributed by atoms with Gasteiger partial charge in [0.25, 0.3) is 11.8 Å². The van der Waals surface area contributed by atoms with Gasteiger partial charge in [0.1, 0.15) is 16.5 Å². The fraction of sp³-hybridized carbons (Fsp3) is 0.421. The van der Waals surface area contributed by atoms with Gasteiger partial charge in [-0.3, -0.25) is 9.59 Å². The standard InChI is InChI=1S/C19H23N3O3S/c1-13-12-16(14(2)25-13)19(24)22-9-5-8-21(10-11-22)18(23)15-6-4-7-20-17(15)26-3/h4,6-7,12H,5,8-11H2,1-3H3. The van der Waals surface area contributed by atoms with Crippen LogP contribution in [0.25, 0.3) is 0 Å². The lowest BCUT2D eigenvalue weighted by Gasteiger charge is -2.22. The first-order valence-corrected chi connectivity index (χ1v) is 9.88. The number of carbonyl (C=O) groups is 2. The topological polar surface area (TPSA) is 66.7 Å². The molecule has 0 saturated carbocycles. The summed E-state index contributed by atoms with van der Waals surface area (Å²) in [6.07, 6.45) is 4.36. The van der Waals surface area contributed by atoms with E-state index in [0.717, 1.165) is 17.2 Å². The van der Waals surface area contributed by atoms with E-state index < -0.39 is 0 Å². The molecular formula is C19H23N3O3S. The third kappa shape index (κ3) is 3.77. The first kappa shape index (κ1) is 18.5. The molecule has 138 valence electrons. The van der Waals surface area contributed by atoms with Crippen LogP contribution in [0.15, 0.2) is 33.8 Å². The van der Waals surface area contributed by atoms with E-state index >= 15 is 0 Å². The molecule has 0 bridgehead atoms. The Morgan fingerprint density at radius 2 is 1.73 bits per heavy atom. The number of hydrogen-bond donors (Lipinski definition) is 0. The molecule has 7 heteroatoms. The first-order valence-electron chi connectivity index (χ1n) is 8.66. The summed E-state index contributed by atoms with van der Waals surface area (Å²) in [5.41, 5.74) is 1.24. The van der Waals surface area contributed by atoms with Crippen molar-refractivity contribution < 1.29 is 14.0 Å². The Balaban J connectivity index is 1.71. The Morgan fingerprint density at radius 3 is 2.31 bits per heavy atom. The van der Waals surface area contributed by atoms with Gasteiger partial charge in [-0.15, -0.1) is 11.8 Å². The molecule has 6 nitrogen and oxygen atoms in total. The first-order chi connectivity index (χ1) is 12.5. The SMILES string of the molecule is CSc1ncccc1C(=O)N1CCCN(C(=O)c2cc(C)oc2C)CC1. The lowest BCUT2D eigenvalue weighted by atomic mass is 10.2. The molecule has 0 spiro atoms. The van der Waals surface area contributed by atoms with Crippen molar-refractivity contribution in [2.75, 3.05) is 32.4 Å². The number of nitrogens with zero attached hydrogens (tertiary/aromatic N) is 3. The number of furan rings is 1. The van der Waals surface area contributed by atoms with Gasteiger partial charge in [-0.2, -0.15) is 0 Å². The van der Waals surface area contributed by atoms with E-state index in [4.69, 9.17) is 4.42 Å². The summed E-state index contributed by atoms with van der Waals surface area (Å²) in [7, 11) is 0. The van der Waals surface area contributed by atoms with E-state index in [2.05, 4.69) is 4.98 Å². The summed E-state index contributed by atoms with van der Waals surface area (Å²) in [6.45, 7) is 5.94. The Hall–Kier alpha value is -2.28. The van der Waals surface area contributed by atoms with E-state index in [-0.39, 0.29) is 11.8 Å². The molecular weight excluding hydrogens is 350 g/mol. The van der Waals surface area contributed by atoms with Crippen molar-refractivity contribution in [3.63, 3.8) is 0 Å². The highest BCUT2D eigenvalue weighted by Crippen LogP contribution is 2.21. The summed E-state index contributed by atoms with van der Waals surface area (Å²) < 4.78 is 5.48. The number of thioether (sulfide) groups is 1. The third-order valence-electron chi connectivity index (χ3n) is 4.54. The number of aromatic nitrogens is 1. The zero-order valence-electron chi connectivity index (χ0n) is 15.3. The Labute approximate surface area is 157 Å². The largest absolute Gasteiger partial charge is 0.466 e. The van der Waals surface area contributed by atoms with Crippen LogP contribution in [0.2, 0.25) is 0 Å². The van der Waals surface area contributed by atoms with Crippen LogP contribution in [0, 0.1) is 13.8 Å². The minimum atomic E-state index is -0.0279. The maximum absolute atomic E-state index is 12.9. The maximum atomic E-state index is 12.9. The monoisotopic (exact) mass is 373 g/mol. The number of rotatable bonds is 3. The number of hydrogen-bond acceptors (Lipinski definition) is 5. The van der Waals surface area contributed by atoms with Crippen LogP contribution in [0.5, 0.6) is 0 Å². The second-order valence-electron chi connectivity index (χ2n) is 6.33. The Kier molecular flexibility index (Phi) is 5.66. The van der Waals surface area contributed by atoms with Gasteiger partial charge < -0.3 is 14.2 Å². The zero-order valence-corrected chi connectivity index (χ0v) is 16.1. The van der Waals surface area contributed by atoms with E-state index in [9.17, 15) is 9.59 Å². The highest BCUT2D eigenvalue weighted by atomic mass is 32.2. The lowest BCUT2D eigenvalue weighted by Crippen LogP contribution is -2.37. The molecule has 2 aromatic heterocycles. The quantitative estimate of drug-likeness (QED) is 0.774. The van der Waals surface area contributed by atoms with E-state index in [1.54, 1.807) is 25.3 Å². The van der Waals surface area contributed by atoms with Gasteiger partial charge in [0.2, 0.25) is 0 Å². The van der Waals surface area contributed by atoms with Crippen molar-refractivity contribution in [1.82, 2.24) is 14.8 Å². The van der Waals surface area contributed by atoms with E-state index in [0.29, 0.717) is 43.1 Å². The Morgan fingerprint density at radius 1 is 1.08 bits per heavy atom. The molecule has 1 saturated heterocycles. The molecule has 2 aromatic rings. The van der Waals surface area contributed by atoms with Crippen LogP contribution in [0.3, 0.4) is 0 Å². The summed E-state index contributed by atoms with van der Waals surface area (Å²) >= 11 is 1.47. The molecule has 2 amide bonds. The third-order valence-corrected chi connectivity index (χ3v) is 5.25. The Bertz CT molecular complexity index is 818. The molecule has 26 heavy (non-hydrogen) atoms. The van der Waals surface area contributed by atoms with Crippen molar-refractivity contribution in [3.05, 3.63) is 47.0 Å². The predicted molar refractivity (Wildman–Crippen MR) is 101 cm³/mol. The van der Waals surface area contributed by atoms with Gasteiger partial charge in [-0.05, 0) is 44.7 Å². The van der Waals surface area contributed by atoms with Crippen LogP contribution in [0.4, 0.5) is 0 Å². The number of amides is 2. The molecule has 0 aliphatic carbocycles. The average molecular weight is 373 g/mol. The molecule has 3 rings (SSSR count). The predicted octanol–water partition coefficient (Wildman–Crippen LogP) is 3.00. The fourth-order valence-electron chi connectivity index (χ4n) is 3.22. The average Bonchev–Trinajstić information content (AvgIpc) is 2.85. The van der Waals surface area contributed by atoms with Gasteiger partial charge in [-0.25, -0.2) is 4.98 Å². The van der Waals surface area contributed by atoms with Crippen molar-refractivity contribution in [2.24, 2.45) is 0 Å². The molecule has 1 aliphatic rings. The van der Waals surface area contributed by atoms with Gasteiger partial charge in [0.05, 0.1) is 11.1 Å². The van der Waals surface area contributed by atoms with Gasteiger partial charge >= 0.3 is 0 Å². The van der Waals surface area contributed by atoms with Gasteiger partial charge in [-0.1, -0.05) is 0 Å². The van der Waals surface area contributed by atoms with Crippen LogP contribution in [0.1, 0.15) is 38.7 Å². The van der Waals surface area contributed by atoms with E-state index in [1.165, 1.54) is 11.8 Å². The second kappa shape index (κ2) is 7.95. The highest BCUT2D eigenvalue weighted by Gasteiger charge is 2.26. The van der Waals surface area contributed by atoms with Crippen LogP contribution in [-0.2, 0) is 0 Å². The summed E-state index contributed by atoms with van der Waals surface area (Å²) in [5, 5.41) is 0.735. The molecule has 0 unspecified atom stereocenters. The summed E-state index contributed by atoms with van der Waals surface area (Å²) in [5.74, 6) is 1.33. The fourth-order valence-corrected chi connectivity index (χ4v) is 3.77. The smallest absolute Gasteiger partial charge is 0.257 e. The molecule has 0 N–H and O–H groups in total. The highest BCUT2D eigenvalue weighted by molar-refractivity contribution is 7.98. The van der Waals surface area contributed by atoms with Crippen LogP contribution >= 0.6 is 11.8 Å². The van der Waals surface area contributed by atoms with Gasteiger partial charge in [0.15, 0.2) is 0 Å². The summed E-state index contributed by atoms with van der Waals surface area (Å²) in [4.78, 5) is 33.6. The second-order valence-corrected chi connectivity index (χ2v) is 7.12. The molecule has 1 fully saturated rings. The van der Waals surface area contributed by atoms with Crippen LogP contribution < -0.4 is 0 Å². The summed E-state index contributed by atoms with van der Waals surface area (Å²) in [6, 6.07) is 5.38. The molecule has 0 radical (unpaired) electrons. The number of carbonyl (C=O) groups excluding carboxylic acids is 2. The molecule has 3 heterocycles. The van der Waals surface area contributed by atoms with Crippen molar-refractivity contribution in [3.8, 4) is 0 Å².